The molecule has 0 saturated heterocycles. The van der Waals surface area contributed by atoms with Crippen LogP contribution in [0.5, 0.6) is 0 Å². The highest BCUT2D eigenvalue weighted by Gasteiger charge is 2.22. The van der Waals surface area contributed by atoms with E-state index >= 15 is 0 Å². The number of methoxy groups -OCH3 is 2. The second kappa shape index (κ2) is 7.67. The SMILES string of the molecule is COC(=O)C(CC(C)C)NCCC(C)(C)OC. The molecule has 1 unspecified atom stereocenters. The van der Waals surface area contributed by atoms with Crippen LogP contribution in [-0.2, 0) is 14.3 Å². The third-order valence-electron chi connectivity index (χ3n) is 2.86. The van der Waals surface area contributed by atoms with E-state index in [-0.39, 0.29) is 17.6 Å². The van der Waals surface area contributed by atoms with Gasteiger partial charge in [-0.05, 0) is 39.2 Å². The van der Waals surface area contributed by atoms with Crippen LogP contribution in [0.25, 0.3) is 0 Å². The van der Waals surface area contributed by atoms with Gasteiger partial charge in [0.2, 0.25) is 0 Å². The standard InChI is InChI=1S/C13H27NO3/c1-10(2)9-11(12(15)16-5)14-8-7-13(3,4)17-6/h10-11,14H,7-9H2,1-6H3. The maximum absolute atomic E-state index is 11.6. The molecule has 0 fully saturated rings. The average molecular weight is 245 g/mol. The fourth-order valence-corrected chi connectivity index (χ4v) is 1.53. The van der Waals surface area contributed by atoms with Gasteiger partial charge in [0.05, 0.1) is 12.7 Å². The number of carbonyl (C=O) groups is 1. The Morgan fingerprint density at radius 2 is 1.88 bits per heavy atom. The molecule has 0 aromatic carbocycles. The smallest absolute Gasteiger partial charge is 0.322 e. The number of nitrogens with one attached hydrogen (secondary N) is 1. The molecule has 1 atom stereocenters. The zero-order chi connectivity index (χ0) is 13.5. The quantitative estimate of drug-likeness (QED) is 0.664. The van der Waals surface area contributed by atoms with Crippen molar-refractivity contribution in [3.63, 3.8) is 0 Å². The summed E-state index contributed by atoms with van der Waals surface area (Å²) in [6, 6.07) is -0.215. The Morgan fingerprint density at radius 1 is 1.29 bits per heavy atom. The van der Waals surface area contributed by atoms with E-state index < -0.39 is 0 Å². The van der Waals surface area contributed by atoms with Gasteiger partial charge >= 0.3 is 5.97 Å². The van der Waals surface area contributed by atoms with Crippen molar-refractivity contribution >= 4 is 5.97 Å². The first kappa shape index (κ1) is 16.4. The molecule has 0 amide bonds. The summed E-state index contributed by atoms with van der Waals surface area (Å²) >= 11 is 0. The first-order chi connectivity index (χ1) is 7.82. The van der Waals surface area contributed by atoms with Gasteiger partial charge in [-0.15, -0.1) is 0 Å². The predicted molar refractivity (Wildman–Crippen MR) is 69.0 cm³/mol. The summed E-state index contributed by atoms with van der Waals surface area (Å²) in [5.41, 5.74) is -0.161. The highest BCUT2D eigenvalue weighted by Crippen LogP contribution is 2.12. The summed E-state index contributed by atoms with van der Waals surface area (Å²) in [6.07, 6.45) is 1.65. The monoisotopic (exact) mass is 245 g/mol. The van der Waals surface area contributed by atoms with Crippen LogP contribution >= 0.6 is 0 Å². The van der Waals surface area contributed by atoms with Gasteiger partial charge in [-0.2, -0.15) is 0 Å². The Balaban J connectivity index is 4.13. The third-order valence-corrected chi connectivity index (χ3v) is 2.86. The summed E-state index contributed by atoms with van der Waals surface area (Å²) in [5.74, 6) is 0.274. The van der Waals surface area contributed by atoms with E-state index in [4.69, 9.17) is 9.47 Å². The minimum Gasteiger partial charge on any atom is -0.468 e. The molecule has 1 N–H and O–H groups in total. The number of rotatable bonds is 8. The zero-order valence-corrected chi connectivity index (χ0v) is 12.0. The van der Waals surface area contributed by atoms with E-state index in [1.807, 2.05) is 13.8 Å². The van der Waals surface area contributed by atoms with E-state index in [2.05, 4.69) is 19.2 Å². The van der Waals surface area contributed by atoms with Crippen LogP contribution in [-0.4, -0.2) is 38.4 Å². The second-order valence-electron chi connectivity index (χ2n) is 5.37. The third kappa shape index (κ3) is 7.34. The second-order valence-corrected chi connectivity index (χ2v) is 5.37. The fourth-order valence-electron chi connectivity index (χ4n) is 1.53. The molecule has 17 heavy (non-hydrogen) atoms. The van der Waals surface area contributed by atoms with Crippen LogP contribution in [0, 0.1) is 5.92 Å². The van der Waals surface area contributed by atoms with Gasteiger partial charge < -0.3 is 14.8 Å². The van der Waals surface area contributed by atoms with Crippen molar-refractivity contribution in [3.8, 4) is 0 Å². The lowest BCUT2D eigenvalue weighted by atomic mass is 10.0. The molecule has 4 nitrogen and oxygen atoms in total. The van der Waals surface area contributed by atoms with Crippen molar-refractivity contribution in [2.45, 2.75) is 52.2 Å². The van der Waals surface area contributed by atoms with E-state index in [9.17, 15) is 4.79 Å². The van der Waals surface area contributed by atoms with Crippen LogP contribution < -0.4 is 5.32 Å². The summed E-state index contributed by atoms with van der Waals surface area (Å²) in [7, 11) is 3.13. The van der Waals surface area contributed by atoms with Crippen LogP contribution in [0.3, 0.4) is 0 Å². The van der Waals surface area contributed by atoms with Crippen LogP contribution in [0.15, 0.2) is 0 Å². The molecular formula is C13H27NO3. The zero-order valence-electron chi connectivity index (χ0n) is 12.0. The van der Waals surface area contributed by atoms with Crippen molar-refractivity contribution in [3.05, 3.63) is 0 Å². The molecule has 0 aliphatic heterocycles. The first-order valence-electron chi connectivity index (χ1n) is 6.18. The van der Waals surface area contributed by atoms with E-state index in [0.29, 0.717) is 5.92 Å². The summed E-state index contributed by atoms with van der Waals surface area (Å²) < 4.78 is 10.1. The highest BCUT2D eigenvalue weighted by atomic mass is 16.5. The Bertz CT molecular complexity index is 227. The lowest BCUT2D eigenvalue weighted by molar-refractivity contribution is -0.143. The average Bonchev–Trinajstić information content (AvgIpc) is 2.26. The molecule has 0 aromatic rings. The minimum absolute atomic E-state index is 0.161. The molecule has 0 bridgehead atoms. The normalized spacial score (nSPS) is 13.8. The Kier molecular flexibility index (Phi) is 7.39. The maximum atomic E-state index is 11.6. The molecular weight excluding hydrogens is 218 g/mol. The summed E-state index contributed by atoms with van der Waals surface area (Å²) in [5, 5.41) is 3.24. The van der Waals surface area contributed by atoms with Gasteiger partial charge in [-0.1, -0.05) is 13.8 Å². The number of ether oxygens (including phenoxy) is 2. The van der Waals surface area contributed by atoms with Crippen molar-refractivity contribution < 1.29 is 14.3 Å². The summed E-state index contributed by atoms with van der Waals surface area (Å²) in [6.45, 7) is 9.00. The molecule has 0 aliphatic carbocycles. The number of hydrogen-bond acceptors (Lipinski definition) is 4. The topological polar surface area (TPSA) is 47.6 Å². The fraction of sp³-hybridized carbons (Fsp3) is 0.923. The van der Waals surface area contributed by atoms with Crippen molar-refractivity contribution in [1.82, 2.24) is 5.32 Å². The van der Waals surface area contributed by atoms with Gasteiger partial charge in [0.15, 0.2) is 0 Å². The maximum Gasteiger partial charge on any atom is 0.322 e. The number of esters is 1. The number of hydrogen-bond donors (Lipinski definition) is 1. The molecule has 0 saturated carbocycles. The largest absolute Gasteiger partial charge is 0.468 e. The first-order valence-corrected chi connectivity index (χ1v) is 6.18. The predicted octanol–water partition coefficient (Wildman–Crippen LogP) is 1.98. The van der Waals surface area contributed by atoms with E-state index in [1.165, 1.54) is 7.11 Å². The summed E-state index contributed by atoms with van der Waals surface area (Å²) in [4.78, 5) is 11.6. The lowest BCUT2D eigenvalue weighted by Gasteiger charge is -2.25. The molecule has 0 radical (unpaired) electrons. The molecule has 0 aromatic heterocycles. The Hall–Kier alpha value is -0.610. The molecule has 0 spiro atoms. The highest BCUT2D eigenvalue weighted by molar-refractivity contribution is 5.75. The van der Waals surface area contributed by atoms with E-state index in [0.717, 1.165) is 19.4 Å². The van der Waals surface area contributed by atoms with Gasteiger partial charge in [-0.25, -0.2) is 0 Å². The Morgan fingerprint density at radius 3 is 2.29 bits per heavy atom. The van der Waals surface area contributed by atoms with Crippen LogP contribution in [0.4, 0.5) is 0 Å². The molecule has 102 valence electrons. The molecule has 0 aliphatic rings. The van der Waals surface area contributed by atoms with Gasteiger partial charge in [0, 0.05) is 7.11 Å². The van der Waals surface area contributed by atoms with Crippen molar-refractivity contribution in [2.24, 2.45) is 5.92 Å². The van der Waals surface area contributed by atoms with Crippen LogP contribution in [0.1, 0.15) is 40.5 Å². The van der Waals surface area contributed by atoms with Crippen LogP contribution in [0.2, 0.25) is 0 Å². The molecule has 4 heteroatoms. The van der Waals surface area contributed by atoms with Gasteiger partial charge in [0.25, 0.3) is 0 Å². The molecule has 0 rings (SSSR count). The van der Waals surface area contributed by atoms with E-state index in [1.54, 1.807) is 7.11 Å². The molecule has 0 heterocycles. The van der Waals surface area contributed by atoms with Gasteiger partial charge in [0.1, 0.15) is 6.04 Å². The minimum atomic E-state index is -0.215. The van der Waals surface area contributed by atoms with Gasteiger partial charge in [-0.3, -0.25) is 4.79 Å². The number of carbonyl (C=O) groups excluding carboxylic acids is 1. The lowest BCUT2D eigenvalue weighted by Crippen LogP contribution is -2.41. The van der Waals surface area contributed by atoms with Crippen molar-refractivity contribution in [1.29, 1.82) is 0 Å². The Labute approximate surface area is 105 Å². The van der Waals surface area contributed by atoms with Crippen molar-refractivity contribution in [2.75, 3.05) is 20.8 Å².